The number of aliphatic hydroxyl groups is 1. The van der Waals surface area contributed by atoms with Crippen LogP contribution >= 0.6 is 0 Å². The van der Waals surface area contributed by atoms with Gasteiger partial charge in [0, 0.05) is 26.6 Å². The molecule has 1 unspecified atom stereocenters. The lowest BCUT2D eigenvalue weighted by atomic mass is 10.2. The molecule has 106 valence electrons. The molecule has 0 aromatic rings. The predicted molar refractivity (Wildman–Crippen MR) is 68.2 cm³/mol. The zero-order valence-corrected chi connectivity index (χ0v) is 11.8. The Bertz CT molecular complexity index is 284. The molecule has 0 heterocycles. The zero-order valence-electron chi connectivity index (χ0n) is 11.8. The van der Waals surface area contributed by atoms with E-state index in [1.807, 2.05) is 0 Å². The fourth-order valence-corrected chi connectivity index (χ4v) is 1.30. The van der Waals surface area contributed by atoms with Crippen LogP contribution in [0.25, 0.3) is 0 Å². The first-order valence-electron chi connectivity index (χ1n) is 6.02. The van der Waals surface area contributed by atoms with Crippen LogP contribution in [0, 0.1) is 0 Å². The van der Waals surface area contributed by atoms with Crippen molar-refractivity contribution >= 4 is 12.0 Å². The maximum Gasteiger partial charge on any atom is 0.407 e. The smallest absolute Gasteiger partial charge is 0.407 e. The van der Waals surface area contributed by atoms with Crippen molar-refractivity contribution in [3.05, 3.63) is 0 Å². The highest BCUT2D eigenvalue weighted by molar-refractivity contribution is 5.73. The van der Waals surface area contributed by atoms with Gasteiger partial charge in [0.05, 0.1) is 6.10 Å². The maximum absolute atomic E-state index is 11.3. The molecule has 0 radical (unpaired) electrons. The van der Waals surface area contributed by atoms with Gasteiger partial charge in [-0.15, -0.1) is 0 Å². The van der Waals surface area contributed by atoms with E-state index in [0.29, 0.717) is 13.1 Å². The maximum atomic E-state index is 11.3. The summed E-state index contributed by atoms with van der Waals surface area (Å²) in [5.74, 6) is -0.137. The van der Waals surface area contributed by atoms with Gasteiger partial charge in [-0.2, -0.15) is 0 Å². The highest BCUT2D eigenvalue weighted by atomic mass is 16.6. The zero-order chi connectivity index (χ0) is 14.3. The lowest BCUT2D eigenvalue weighted by Crippen LogP contribution is -2.42. The summed E-state index contributed by atoms with van der Waals surface area (Å²) in [5.41, 5.74) is -0.538. The van der Waals surface area contributed by atoms with Gasteiger partial charge in [-0.3, -0.25) is 4.79 Å². The van der Waals surface area contributed by atoms with E-state index in [1.165, 1.54) is 11.8 Å². The number of carbonyl (C=O) groups excluding carboxylic acids is 2. The second-order valence-electron chi connectivity index (χ2n) is 5.24. The summed E-state index contributed by atoms with van der Waals surface area (Å²) in [6.07, 6.45) is -1.10. The monoisotopic (exact) mass is 260 g/mol. The molecule has 0 rings (SSSR count). The van der Waals surface area contributed by atoms with Gasteiger partial charge in [0.2, 0.25) is 5.91 Å². The molecule has 6 heteroatoms. The van der Waals surface area contributed by atoms with Crippen LogP contribution in [0.3, 0.4) is 0 Å². The molecule has 0 bridgehead atoms. The number of alkyl carbamates (subject to hydrolysis) is 1. The highest BCUT2D eigenvalue weighted by Crippen LogP contribution is 2.06. The van der Waals surface area contributed by atoms with Crippen molar-refractivity contribution in [2.45, 2.75) is 46.3 Å². The number of nitrogens with zero attached hydrogens (tertiary/aromatic N) is 1. The van der Waals surface area contributed by atoms with Crippen molar-refractivity contribution in [2.24, 2.45) is 0 Å². The largest absolute Gasteiger partial charge is 0.444 e. The molecule has 0 aliphatic rings. The number of ether oxygens (including phenoxy) is 1. The molecular weight excluding hydrogens is 236 g/mol. The Labute approximate surface area is 108 Å². The van der Waals surface area contributed by atoms with E-state index in [1.54, 1.807) is 27.7 Å². The minimum atomic E-state index is -0.588. The van der Waals surface area contributed by atoms with Crippen LogP contribution in [0.2, 0.25) is 0 Å². The molecule has 0 fully saturated rings. The average molecular weight is 260 g/mol. The second-order valence-corrected chi connectivity index (χ2v) is 5.24. The molecule has 2 N–H and O–H groups in total. The van der Waals surface area contributed by atoms with Crippen LogP contribution in [0.15, 0.2) is 0 Å². The first-order chi connectivity index (χ1) is 8.11. The molecule has 0 aromatic carbocycles. The van der Waals surface area contributed by atoms with E-state index >= 15 is 0 Å². The molecule has 1 atom stereocenters. The molecular formula is C12H24N2O4. The van der Waals surface area contributed by atoms with E-state index in [2.05, 4.69) is 5.32 Å². The standard InChI is InChI=1S/C12H24N2O4/c1-9(15)8-14(10(2)16)7-6-13-11(17)18-12(3,4)5/h9,15H,6-8H2,1-5H3,(H,13,17). The summed E-state index contributed by atoms with van der Waals surface area (Å²) >= 11 is 0. The van der Waals surface area contributed by atoms with Gasteiger partial charge in [0.15, 0.2) is 0 Å². The lowest BCUT2D eigenvalue weighted by Gasteiger charge is -2.23. The number of hydrogen-bond acceptors (Lipinski definition) is 4. The highest BCUT2D eigenvalue weighted by Gasteiger charge is 2.16. The summed E-state index contributed by atoms with van der Waals surface area (Å²) in [4.78, 5) is 24.1. The van der Waals surface area contributed by atoms with Crippen LogP contribution in [0.5, 0.6) is 0 Å². The van der Waals surface area contributed by atoms with Gasteiger partial charge in [0.1, 0.15) is 5.60 Å². The van der Waals surface area contributed by atoms with Gasteiger partial charge in [-0.1, -0.05) is 0 Å². The summed E-state index contributed by atoms with van der Waals surface area (Å²) in [6, 6.07) is 0. The fourth-order valence-electron chi connectivity index (χ4n) is 1.30. The van der Waals surface area contributed by atoms with E-state index in [4.69, 9.17) is 4.74 Å². The van der Waals surface area contributed by atoms with Gasteiger partial charge in [-0.25, -0.2) is 4.79 Å². The van der Waals surface area contributed by atoms with Gasteiger partial charge in [0.25, 0.3) is 0 Å². The number of hydrogen-bond donors (Lipinski definition) is 2. The van der Waals surface area contributed by atoms with Crippen molar-refractivity contribution < 1.29 is 19.4 Å². The molecule has 0 aromatic heterocycles. The molecule has 0 aliphatic carbocycles. The van der Waals surface area contributed by atoms with Gasteiger partial charge < -0.3 is 20.1 Å². The van der Waals surface area contributed by atoms with Crippen LogP contribution in [-0.2, 0) is 9.53 Å². The van der Waals surface area contributed by atoms with Crippen molar-refractivity contribution in [3.63, 3.8) is 0 Å². The Morgan fingerprint density at radius 1 is 1.39 bits per heavy atom. The number of aliphatic hydroxyl groups excluding tert-OH is 1. The summed E-state index contributed by atoms with van der Waals surface area (Å²) in [7, 11) is 0. The molecule has 0 saturated heterocycles. The molecule has 18 heavy (non-hydrogen) atoms. The molecule has 0 aliphatic heterocycles. The third-order valence-electron chi connectivity index (χ3n) is 1.98. The minimum absolute atomic E-state index is 0.137. The summed E-state index contributed by atoms with van der Waals surface area (Å²) in [5, 5.41) is 11.8. The van der Waals surface area contributed by atoms with Crippen LogP contribution < -0.4 is 5.32 Å². The minimum Gasteiger partial charge on any atom is -0.444 e. The lowest BCUT2D eigenvalue weighted by molar-refractivity contribution is -0.130. The van der Waals surface area contributed by atoms with Gasteiger partial charge >= 0.3 is 6.09 Å². The van der Waals surface area contributed by atoms with Crippen molar-refractivity contribution in [1.82, 2.24) is 10.2 Å². The summed E-state index contributed by atoms with van der Waals surface area (Å²) in [6.45, 7) is 9.27. The Morgan fingerprint density at radius 3 is 2.33 bits per heavy atom. The topological polar surface area (TPSA) is 78.9 Å². The van der Waals surface area contributed by atoms with Crippen LogP contribution in [-0.4, -0.2) is 53.3 Å². The third-order valence-corrected chi connectivity index (χ3v) is 1.98. The molecule has 0 saturated carbocycles. The molecule has 2 amide bonds. The average Bonchev–Trinajstić information content (AvgIpc) is 2.12. The third kappa shape index (κ3) is 8.81. The van der Waals surface area contributed by atoms with E-state index in [9.17, 15) is 14.7 Å². The number of rotatable bonds is 5. The first kappa shape index (κ1) is 16.7. The first-order valence-corrected chi connectivity index (χ1v) is 6.02. The quantitative estimate of drug-likeness (QED) is 0.764. The Balaban J connectivity index is 4.00. The van der Waals surface area contributed by atoms with Crippen molar-refractivity contribution in [3.8, 4) is 0 Å². The van der Waals surface area contributed by atoms with E-state index in [-0.39, 0.29) is 12.5 Å². The summed E-state index contributed by atoms with van der Waals surface area (Å²) < 4.78 is 5.06. The molecule has 0 spiro atoms. The Morgan fingerprint density at radius 2 is 1.94 bits per heavy atom. The Kier molecular flexibility index (Phi) is 6.68. The number of nitrogens with one attached hydrogen (secondary N) is 1. The van der Waals surface area contributed by atoms with Crippen molar-refractivity contribution in [2.75, 3.05) is 19.6 Å². The van der Waals surface area contributed by atoms with Crippen molar-refractivity contribution in [1.29, 1.82) is 0 Å². The Hall–Kier alpha value is -1.30. The second kappa shape index (κ2) is 7.20. The van der Waals surface area contributed by atoms with Crippen LogP contribution in [0.4, 0.5) is 4.79 Å². The fraction of sp³-hybridized carbons (Fsp3) is 0.833. The van der Waals surface area contributed by atoms with E-state index in [0.717, 1.165) is 0 Å². The number of amides is 2. The van der Waals surface area contributed by atoms with E-state index < -0.39 is 17.8 Å². The predicted octanol–water partition coefficient (Wildman–Crippen LogP) is 0.740. The number of carbonyl (C=O) groups is 2. The van der Waals surface area contributed by atoms with Gasteiger partial charge in [-0.05, 0) is 27.7 Å². The SMILES string of the molecule is CC(=O)N(CCNC(=O)OC(C)(C)C)CC(C)O. The normalized spacial score (nSPS) is 12.8. The van der Waals surface area contributed by atoms with Crippen LogP contribution in [0.1, 0.15) is 34.6 Å². The molecule has 6 nitrogen and oxygen atoms in total.